The molecule has 1 atom stereocenters. The summed E-state index contributed by atoms with van der Waals surface area (Å²) in [7, 11) is 0. The third-order valence-electron chi connectivity index (χ3n) is 4.51. The average molecular weight is 335 g/mol. The van der Waals surface area contributed by atoms with E-state index in [9.17, 15) is 4.79 Å². The molecule has 5 nitrogen and oxygen atoms in total. The molecule has 1 aromatic carbocycles. The Bertz CT molecular complexity index is 711. The molecule has 0 spiro atoms. The van der Waals surface area contributed by atoms with Crippen LogP contribution in [0.4, 0.5) is 0 Å². The van der Waals surface area contributed by atoms with Crippen LogP contribution in [0, 0.1) is 13.8 Å². The maximum atomic E-state index is 11.6. The first-order chi connectivity index (χ1) is 10.6. The number of aromatic nitrogens is 2. The summed E-state index contributed by atoms with van der Waals surface area (Å²) in [5, 5.41) is 7.59. The monoisotopic (exact) mass is 334 g/mol. The minimum Gasteiger partial charge on any atom is -0.348 e. The molecule has 0 fully saturated rings. The van der Waals surface area contributed by atoms with Crippen LogP contribution in [0.15, 0.2) is 24.4 Å². The van der Waals surface area contributed by atoms with Crippen molar-refractivity contribution in [3.8, 4) is 5.69 Å². The van der Waals surface area contributed by atoms with Crippen LogP contribution in [0.5, 0.6) is 0 Å². The fourth-order valence-electron chi connectivity index (χ4n) is 3.13. The molecular weight excluding hydrogens is 312 g/mol. The fraction of sp³-hybridized carbons (Fsp3) is 0.412. The van der Waals surface area contributed by atoms with E-state index in [0.29, 0.717) is 0 Å². The maximum Gasteiger partial charge on any atom is 0.234 e. The zero-order chi connectivity index (χ0) is 15.7. The number of carbonyl (C=O) groups is 1. The molecule has 23 heavy (non-hydrogen) atoms. The van der Waals surface area contributed by atoms with Crippen molar-refractivity contribution in [3.63, 3.8) is 0 Å². The Morgan fingerprint density at radius 1 is 1.43 bits per heavy atom. The fourth-order valence-corrected chi connectivity index (χ4v) is 3.13. The van der Waals surface area contributed by atoms with E-state index in [1.807, 2.05) is 10.9 Å². The van der Waals surface area contributed by atoms with E-state index in [1.54, 1.807) is 0 Å². The molecule has 1 amide bonds. The van der Waals surface area contributed by atoms with Crippen LogP contribution in [-0.2, 0) is 11.2 Å². The van der Waals surface area contributed by atoms with Crippen molar-refractivity contribution >= 4 is 18.3 Å². The van der Waals surface area contributed by atoms with Crippen LogP contribution in [0.1, 0.15) is 41.3 Å². The van der Waals surface area contributed by atoms with Gasteiger partial charge in [-0.25, -0.2) is 4.68 Å². The number of rotatable bonds is 3. The first kappa shape index (κ1) is 17.5. The molecule has 3 rings (SSSR count). The highest BCUT2D eigenvalue weighted by molar-refractivity contribution is 5.85. The second-order valence-electron chi connectivity index (χ2n) is 5.89. The second kappa shape index (κ2) is 7.15. The van der Waals surface area contributed by atoms with Crippen molar-refractivity contribution in [2.75, 3.05) is 6.54 Å². The number of hydrogen-bond donors (Lipinski definition) is 2. The number of aryl methyl sites for hydroxylation is 1. The number of nitrogens with one attached hydrogen (secondary N) is 1. The molecule has 124 valence electrons. The number of nitrogens with zero attached hydrogens (tertiary/aromatic N) is 2. The predicted octanol–water partition coefficient (Wildman–Crippen LogP) is 2.36. The van der Waals surface area contributed by atoms with Crippen molar-refractivity contribution in [2.45, 2.75) is 39.2 Å². The van der Waals surface area contributed by atoms with Crippen molar-refractivity contribution in [2.24, 2.45) is 5.73 Å². The summed E-state index contributed by atoms with van der Waals surface area (Å²) in [5.74, 6) is -0.114. The number of amides is 1. The zero-order valence-electron chi connectivity index (χ0n) is 13.5. The summed E-state index contributed by atoms with van der Waals surface area (Å²) in [6.07, 6.45) is 4.85. The van der Waals surface area contributed by atoms with Crippen molar-refractivity contribution in [3.05, 3.63) is 46.8 Å². The summed E-state index contributed by atoms with van der Waals surface area (Å²) < 4.78 is 2.03. The van der Waals surface area contributed by atoms with Crippen molar-refractivity contribution in [1.82, 2.24) is 15.1 Å². The van der Waals surface area contributed by atoms with Crippen LogP contribution in [0.25, 0.3) is 5.69 Å². The smallest absolute Gasteiger partial charge is 0.234 e. The van der Waals surface area contributed by atoms with Crippen molar-refractivity contribution in [1.29, 1.82) is 0 Å². The zero-order valence-corrected chi connectivity index (χ0v) is 14.3. The molecule has 3 N–H and O–H groups in total. The number of nitrogens with two attached hydrogens (primary N) is 1. The Morgan fingerprint density at radius 3 is 2.96 bits per heavy atom. The molecule has 2 aromatic rings. The Hall–Kier alpha value is -1.85. The molecule has 1 aliphatic rings. The van der Waals surface area contributed by atoms with E-state index in [-0.39, 0.29) is 30.9 Å². The lowest BCUT2D eigenvalue weighted by Gasteiger charge is -2.24. The molecule has 0 saturated heterocycles. The van der Waals surface area contributed by atoms with Gasteiger partial charge in [-0.05, 0) is 50.3 Å². The number of benzene rings is 1. The van der Waals surface area contributed by atoms with Crippen LogP contribution in [0.2, 0.25) is 0 Å². The van der Waals surface area contributed by atoms with Gasteiger partial charge >= 0.3 is 0 Å². The summed E-state index contributed by atoms with van der Waals surface area (Å²) in [6, 6.07) is 6.29. The van der Waals surface area contributed by atoms with Gasteiger partial charge in [-0.3, -0.25) is 4.79 Å². The van der Waals surface area contributed by atoms with Crippen LogP contribution < -0.4 is 11.1 Å². The van der Waals surface area contributed by atoms with Gasteiger partial charge < -0.3 is 11.1 Å². The first-order valence-electron chi connectivity index (χ1n) is 7.74. The first-order valence-corrected chi connectivity index (χ1v) is 7.74. The van der Waals surface area contributed by atoms with E-state index in [0.717, 1.165) is 30.5 Å². The van der Waals surface area contributed by atoms with E-state index in [4.69, 9.17) is 5.73 Å². The molecule has 0 saturated carbocycles. The lowest BCUT2D eigenvalue weighted by atomic mass is 9.92. The van der Waals surface area contributed by atoms with Gasteiger partial charge in [-0.1, -0.05) is 12.1 Å². The highest BCUT2D eigenvalue weighted by Gasteiger charge is 2.26. The topological polar surface area (TPSA) is 72.9 Å². The molecule has 1 heterocycles. The van der Waals surface area contributed by atoms with E-state index in [2.05, 4.69) is 42.5 Å². The normalized spacial score (nSPS) is 16.4. The molecule has 6 heteroatoms. The third-order valence-corrected chi connectivity index (χ3v) is 4.51. The van der Waals surface area contributed by atoms with E-state index < -0.39 is 0 Å². The molecule has 1 aromatic heterocycles. The number of fused-ring (bicyclic) bond motifs is 1. The highest BCUT2D eigenvalue weighted by Crippen LogP contribution is 2.31. The highest BCUT2D eigenvalue weighted by atomic mass is 35.5. The summed E-state index contributed by atoms with van der Waals surface area (Å²) in [5.41, 5.74) is 11.3. The predicted molar refractivity (Wildman–Crippen MR) is 93.2 cm³/mol. The van der Waals surface area contributed by atoms with Crippen molar-refractivity contribution < 1.29 is 4.79 Å². The van der Waals surface area contributed by atoms with Gasteiger partial charge in [0.2, 0.25) is 5.91 Å². The maximum absolute atomic E-state index is 11.6. The Morgan fingerprint density at radius 2 is 2.22 bits per heavy atom. The van der Waals surface area contributed by atoms with Gasteiger partial charge in [0, 0.05) is 11.3 Å². The van der Waals surface area contributed by atoms with Gasteiger partial charge in [0.1, 0.15) is 0 Å². The van der Waals surface area contributed by atoms with Crippen LogP contribution >= 0.6 is 12.4 Å². The lowest BCUT2D eigenvalue weighted by molar-refractivity contribution is -0.120. The summed E-state index contributed by atoms with van der Waals surface area (Å²) in [4.78, 5) is 11.6. The van der Waals surface area contributed by atoms with Crippen LogP contribution in [-0.4, -0.2) is 22.2 Å². The van der Waals surface area contributed by atoms with E-state index in [1.165, 1.54) is 16.8 Å². The number of hydrogen-bond acceptors (Lipinski definition) is 3. The minimum absolute atomic E-state index is 0. The number of halogens is 1. The molecule has 0 radical (unpaired) electrons. The second-order valence-corrected chi connectivity index (χ2v) is 5.89. The Labute approximate surface area is 142 Å². The SMILES string of the molecule is Cc1cccc(-n2ncc3c2CCCC3NC(=O)CN)c1C.Cl. The average Bonchev–Trinajstić information content (AvgIpc) is 2.95. The largest absolute Gasteiger partial charge is 0.348 e. The molecular formula is C17H23ClN4O. The molecule has 0 aliphatic heterocycles. The van der Waals surface area contributed by atoms with Gasteiger partial charge in [0.05, 0.1) is 24.5 Å². The van der Waals surface area contributed by atoms with Crippen LogP contribution in [0.3, 0.4) is 0 Å². The molecule has 0 bridgehead atoms. The lowest BCUT2D eigenvalue weighted by Crippen LogP contribution is -2.35. The standard InChI is InChI=1S/C17H22N4O.ClH/c1-11-5-3-7-15(12(11)2)21-16-8-4-6-14(13(16)10-19-21)20-17(22)9-18;/h3,5,7,10,14H,4,6,8-9,18H2,1-2H3,(H,20,22);1H. The van der Waals surface area contributed by atoms with Gasteiger partial charge in [-0.15, -0.1) is 12.4 Å². The van der Waals surface area contributed by atoms with E-state index >= 15 is 0 Å². The number of carbonyl (C=O) groups excluding carboxylic acids is 1. The molecule has 1 unspecified atom stereocenters. The van der Waals surface area contributed by atoms with Gasteiger partial charge in [-0.2, -0.15) is 5.10 Å². The molecule has 1 aliphatic carbocycles. The minimum atomic E-state index is -0.114. The Kier molecular flexibility index (Phi) is 5.44. The Balaban J connectivity index is 0.00000192. The van der Waals surface area contributed by atoms with Gasteiger partial charge in [0.25, 0.3) is 0 Å². The van der Waals surface area contributed by atoms with Gasteiger partial charge in [0.15, 0.2) is 0 Å². The quantitative estimate of drug-likeness (QED) is 0.905. The summed E-state index contributed by atoms with van der Waals surface area (Å²) in [6.45, 7) is 4.26. The third kappa shape index (κ3) is 3.26. The summed E-state index contributed by atoms with van der Waals surface area (Å²) >= 11 is 0.